The first kappa shape index (κ1) is 20.4. The van der Waals surface area contributed by atoms with Crippen molar-refractivity contribution in [2.75, 3.05) is 5.32 Å². The van der Waals surface area contributed by atoms with Crippen molar-refractivity contribution in [2.24, 2.45) is 4.99 Å². The lowest BCUT2D eigenvalue weighted by molar-refractivity contribution is -0.136. The zero-order chi connectivity index (χ0) is 20.9. The van der Waals surface area contributed by atoms with Crippen LogP contribution in [0.25, 0.3) is 6.08 Å². The number of halogens is 3. The molecule has 148 valence electrons. The lowest BCUT2D eigenvalue weighted by Gasteiger charge is -2.13. The van der Waals surface area contributed by atoms with Gasteiger partial charge in [0, 0.05) is 0 Å². The number of anilines is 1. The minimum atomic E-state index is -4.61. The molecule has 1 heterocycles. The normalized spacial score (nSPS) is 15.6. The first-order chi connectivity index (χ1) is 13.8. The van der Waals surface area contributed by atoms with Crippen molar-refractivity contribution < 1.29 is 22.8 Å². The Morgan fingerprint density at radius 2 is 1.69 bits per heavy atom. The molecule has 0 saturated heterocycles. The van der Waals surface area contributed by atoms with Gasteiger partial charge in [-0.05, 0) is 35.5 Å². The Kier molecular flexibility index (Phi) is 6.18. The summed E-state index contributed by atoms with van der Waals surface area (Å²) in [6.45, 7) is 0. The third-order valence-corrected chi connectivity index (χ3v) is 4.57. The van der Waals surface area contributed by atoms with Gasteiger partial charge in [-0.25, -0.2) is 4.79 Å². The molecule has 0 aromatic heterocycles. The summed E-state index contributed by atoms with van der Waals surface area (Å²) >= 11 is 0.919. The van der Waals surface area contributed by atoms with E-state index < -0.39 is 29.4 Å². The highest BCUT2D eigenvalue weighted by atomic mass is 32.2. The number of urea groups is 1. The van der Waals surface area contributed by atoms with E-state index in [-0.39, 0.29) is 10.1 Å². The molecule has 0 atom stereocenters. The number of rotatable bonds is 3. The highest BCUT2D eigenvalue weighted by Crippen LogP contribution is 2.34. The number of nitrogens with zero attached hydrogens (tertiary/aromatic N) is 1. The van der Waals surface area contributed by atoms with Crippen LogP contribution in [0.4, 0.5) is 23.7 Å². The number of benzene rings is 2. The highest BCUT2D eigenvalue weighted by Gasteiger charge is 2.33. The molecule has 0 fully saturated rings. The van der Waals surface area contributed by atoms with E-state index in [9.17, 15) is 22.8 Å². The average molecular weight is 417 g/mol. The van der Waals surface area contributed by atoms with Gasteiger partial charge < -0.3 is 5.32 Å². The molecular weight excluding hydrogens is 403 g/mol. The summed E-state index contributed by atoms with van der Waals surface area (Å²) in [5.41, 5.74) is -0.422. The van der Waals surface area contributed by atoms with Crippen LogP contribution in [0.1, 0.15) is 11.1 Å². The number of carbonyl (C=O) groups excluding carboxylic acids is 2. The molecule has 9 heteroatoms. The van der Waals surface area contributed by atoms with E-state index in [1.807, 2.05) is 30.3 Å². The fraction of sp³-hybridized carbons (Fsp3) is 0.0500. The summed E-state index contributed by atoms with van der Waals surface area (Å²) in [4.78, 5) is 27.9. The Bertz CT molecular complexity index is 1020. The number of thioether (sulfide) groups is 1. The molecule has 2 aromatic rings. The maximum absolute atomic E-state index is 13.0. The van der Waals surface area contributed by atoms with E-state index in [2.05, 4.69) is 15.6 Å². The number of carbonyl (C=O) groups is 2. The van der Waals surface area contributed by atoms with Crippen LogP contribution >= 0.6 is 11.8 Å². The van der Waals surface area contributed by atoms with Crippen molar-refractivity contribution in [2.45, 2.75) is 6.18 Å². The summed E-state index contributed by atoms with van der Waals surface area (Å²) in [5.74, 6) is -0.543. The summed E-state index contributed by atoms with van der Waals surface area (Å²) < 4.78 is 39.0. The van der Waals surface area contributed by atoms with Crippen molar-refractivity contribution in [3.63, 3.8) is 0 Å². The number of amides is 3. The number of aliphatic imine (C=N–C) groups is 1. The second-order valence-electron chi connectivity index (χ2n) is 5.75. The number of alkyl halides is 3. The van der Waals surface area contributed by atoms with Crippen LogP contribution in [0.5, 0.6) is 0 Å². The molecule has 3 amide bonds. The summed E-state index contributed by atoms with van der Waals surface area (Å²) in [6, 6.07) is 13.1. The Labute approximate surface area is 168 Å². The predicted octanol–water partition coefficient (Wildman–Crippen LogP) is 5.05. The van der Waals surface area contributed by atoms with Crippen molar-refractivity contribution >= 4 is 40.6 Å². The van der Waals surface area contributed by atoms with Crippen LogP contribution in [-0.2, 0) is 11.0 Å². The van der Waals surface area contributed by atoms with Gasteiger partial charge in [-0.1, -0.05) is 54.6 Å². The highest BCUT2D eigenvalue weighted by molar-refractivity contribution is 8.18. The zero-order valence-corrected chi connectivity index (χ0v) is 15.6. The van der Waals surface area contributed by atoms with Gasteiger partial charge in [-0.3, -0.25) is 10.1 Å². The fourth-order valence-corrected chi connectivity index (χ4v) is 3.14. The van der Waals surface area contributed by atoms with Crippen LogP contribution in [0.3, 0.4) is 0 Å². The maximum atomic E-state index is 13.0. The van der Waals surface area contributed by atoms with Gasteiger partial charge in [-0.15, -0.1) is 0 Å². The van der Waals surface area contributed by atoms with Crippen molar-refractivity contribution in [3.05, 3.63) is 82.8 Å². The molecule has 1 aliphatic heterocycles. The molecule has 1 aliphatic rings. The summed E-state index contributed by atoms with van der Waals surface area (Å²) in [6.07, 6.45) is 0.413. The molecule has 0 unspecified atom stereocenters. The van der Waals surface area contributed by atoms with Gasteiger partial charge in [-0.2, -0.15) is 18.2 Å². The lowest BCUT2D eigenvalue weighted by atomic mass is 10.1. The topological polar surface area (TPSA) is 70.6 Å². The maximum Gasteiger partial charge on any atom is 0.418 e. The van der Waals surface area contributed by atoms with E-state index in [1.54, 1.807) is 18.2 Å². The number of para-hydroxylation sites is 1. The molecule has 2 aromatic carbocycles. The zero-order valence-electron chi connectivity index (χ0n) is 14.7. The van der Waals surface area contributed by atoms with Crippen molar-refractivity contribution in [1.29, 1.82) is 0 Å². The molecule has 0 aliphatic carbocycles. The number of hydrogen-bond acceptors (Lipinski definition) is 3. The van der Waals surface area contributed by atoms with Crippen molar-refractivity contribution in [3.8, 4) is 0 Å². The number of hydrogen-bond donors (Lipinski definition) is 2. The Balaban J connectivity index is 1.61. The predicted molar refractivity (Wildman–Crippen MR) is 107 cm³/mol. The molecule has 0 spiro atoms. The van der Waals surface area contributed by atoms with Gasteiger partial charge in [0.15, 0.2) is 5.17 Å². The molecule has 5 nitrogen and oxygen atoms in total. The number of allylic oxidation sites excluding steroid dienone is 2. The van der Waals surface area contributed by atoms with Gasteiger partial charge in [0.25, 0.3) is 5.91 Å². The molecule has 0 saturated carbocycles. The molecule has 0 radical (unpaired) electrons. The van der Waals surface area contributed by atoms with Crippen LogP contribution in [0, 0.1) is 0 Å². The van der Waals surface area contributed by atoms with Crippen LogP contribution in [0.2, 0.25) is 0 Å². The number of nitrogens with one attached hydrogen (secondary N) is 2. The van der Waals surface area contributed by atoms with E-state index >= 15 is 0 Å². The van der Waals surface area contributed by atoms with Gasteiger partial charge in [0.2, 0.25) is 0 Å². The summed E-state index contributed by atoms with van der Waals surface area (Å²) in [5, 5.41) is 4.40. The summed E-state index contributed by atoms with van der Waals surface area (Å²) in [7, 11) is 0. The Morgan fingerprint density at radius 1 is 1.00 bits per heavy atom. The molecule has 2 N–H and O–H groups in total. The van der Waals surface area contributed by atoms with Gasteiger partial charge in [0.1, 0.15) is 0 Å². The third-order valence-electron chi connectivity index (χ3n) is 3.66. The number of amidine groups is 1. The van der Waals surface area contributed by atoms with E-state index in [1.165, 1.54) is 12.1 Å². The third kappa shape index (κ3) is 5.58. The largest absolute Gasteiger partial charge is 0.418 e. The molecule has 29 heavy (non-hydrogen) atoms. The van der Waals surface area contributed by atoms with Gasteiger partial charge in [0.05, 0.1) is 16.2 Å². The first-order valence-electron chi connectivity index (χ1n) is 8.31. The second-order valence-corrected chi connectivity index (χ2v) is 6.78. The van der Waals surface area contributed by atoms with E-state index in [0.717, 1.165) is 29.5 Å². The monoisotopic (exact) mass is 417 g/mol. The SMILES string of the molecule is O=C(NC1=NC(=O)C(=CC=Cc2ccccc2)S1)Nc1ccccc1C(F)(F)F. The van der Waals surface area contributed by atoms with Gasteiger partial charge >= 0.3 is 12.2 Å². The smallest absolute Gasteiger partial charge is 0.307 e. The van der Waals surface area contributed by atoms with Crippen LogP contribution < -0.4 is 10.6 Å². The van der Waals surface area contributed by atoms with Crippen molar-refractivity contribution in [1.82, 2.24) is 5.32 Å². The quantitative estimate of drug-likeness (QED) is 0.687. The lowest BCUT2D eigenvalue weighted by Crippen LogP contribution is -2.32. The van der Waals surface area contributed by atoms with Crippen LogP contribution in [0.15, 0.2) is 76.6 Å². The standard InChI is InChI=1S/C20H14F3N3O2S/c21-20(22,23)14-10-4-5-11-15(14)24-18(28)26-19-25-17(27)16(29-19)12-6-9-13-7-2-1-3-8-13/h1-12H,(H2,24,25,26,27,28). The van der Waals surface area contributed by atoms with Crippen LogP contribution in [-0.4, -0.2) is 17.1 Å². The Morgan fingerprint density at radius 3 is 2.41 bits per heavy atom. The molecule has 0 bridgehead atoms. The minimum absolute atomic E-state index is 0.0173. The first-order valence-corrected chi connectivity index (χ1v) is 9.13. The minimum Gasteiger partial charge on any atom is -0.307 e. The molecule has 3 rings (SSSR count). The second kappa shape index (κ2) is 8.78. The fourth-order valence-electron chi connectivity index (χ4n) is 2.38. The average Bonchev–Trinajstić information content (AvgIpc) is 3.01. The van der Waals surface area contributed by atoms with E-state index in [0.29, 0.717) is 0 Å². The van der Waals surface area contributed by atoms with E-state index in [4.69, 9.17) is 0 Å². The Hall–Kier alpha value is -3.33. The molecular formula is C20H14F3N3O2S.